The minimum Gasteiger partial charge on any atom is -0.459 e. The molecule has 2 heterocycles. The molecule has 0 amide bonds. The second kappa shape index (κ2) is 6.84. The molecule has 2 aromatic rings. The van der Waals surface area contributed by atoms with E-state index in [2.05, 4.69) is 17.2 Å². The van der Waals surface area contributed by atoms with Crippen LogP contribution in [-0.4, -0.2) is 22.7 Å². The van der Waals surface area contributed by atoms with Crippen LogP contribution in [0.15, 0.2) is 22.7 Å². The van der Waals surface area contributed by atoms with Crippen LogP contribution in [0.25, 0.3) is 10.8 Å². The lowest BCUT2D eigenvalue weighted by molar-refractivity contribution is 0.262. The predicted molar refractivity (Wildman–Crippen MR) is 77.2 cm³/mol. The summed E-state index contributed by atoms with van der Waals surface area (Å²) in [7, 11) is 0. The molecule has 0 aliphatic heterocycles. The Bertz CT molecular complexity index is 507. The van der Waals surface area contributed by atoms with E-state index < -0.39 is 0 Å². The summed E-state index contributed by atoms with van der Waals surface area (Å²) in [6.45, 7) is 5.07. The molecule has 2 rings (SSSR count). The van der Waals surface area contributed by atoms with E-state index >= 15 is 0 Å². The first-order valence-corrected chi connectivity index (χ1v) is 7.40. The van der Waals surface area contributed by atoms with Crippen LogP contribution in [-0.2, 0) is 6.54 Å². The van der Waals surface area contributed by atoms with Crippen LogP contribution in [0, 0.1) is 6.92 Å². The third kappa shape index (κ3) is 3.89. The number of aromatic nitrogens is 1. The Labute approximate surface area is 117 Å². The van der Waals surface area contributed by atoms with Crippen LogP contribution < -0.4 is 5.32 Å². The molecule has 0 radical (unpaired) electrons. The summed E-state index contributed by atoms with van der Waals surface area (Å²) in [5.74, 6) is 1.73. The third-order valence-corrected chi connectivity index (χ3v) is 4.05. The van der Waals surface area contributed by atoms with Gasteiger partial charge < -0.3 is 14.8 Å². The largest absolute Gasteiger partial charge is 0.459 e. The van der Waals surface area contributed by atoms with E-state index in [-0.39, 0.29) is 6.61 Å². The van der Waals surface area contributed by atoms with Gasteiger partial charge in [-0.25, -0.2) is 4.98 Å². The summed E-state index contributed by atoms with van der Waals surface area (Å²) >= 11 is 1.64. The molecule has 104 valence electrons. The molecule has 0 aliphatic rings. The molecule has 2 N–H and O–H groups in total. The van der Waals surface area contributed by atoms with Crippen molar-refractivity contribution in [2.75, 3.05) is 6.61 Å². The number of furan rings is 1. The number of aryl methyl sites for hydroxylation is 1. The average Bonchev–Trinajstić information content (AvgIpc) is 3.03. The lowest BCUT2D eigenvalue weighted by atomic mass is 10.1. The highest BCUT2D eigenvalue weighted by Crippen LogP contribution is 2.26. The molecule has 0 aliphatic carbocycles. The monoisotopic (exact) mass is 280 g/mol. The Balaban J connectivity index is 1.94. The van der Waals surface area contributed by atoms with Crippen molar-refractivity contribution in [3.63, 3.8) is 0 Å². The number of nitrogens with zero attached hydrogens (tertiary/aromatic N) is 1. The molecule has 0 spiro atoms. The standard InChI is InChI=1S/C14H20N2O2S/c1-3-11(6-7-17)15-8-12-9-16-14(19-12)13-5-4-10(2)18-13/h4-5,9,11,15,17H,3,6-8H2,1-2H3. The minimum absolute atomic E-state index is 0.227. The zero-order valence-corrected chi connectivity index (χ0v) is 12.2. The maximum absolute atomic E-state index is 8.96. The Kier molecular flexibility index (Phi) is 5.13. The number of nitrogens with one attached hydrogen (secondary N) is 1. The van der Waals surface area contributed by atoms with Crippen molar-refractivity contribution in [1.82, 2.24) is 10.3 Å². The van der Waals surface area contributed by atoms with Gasteiger partial charge in [0.15, 0.2) is 10.8 Å². The highest BCUT2D eigenvalue weighted by molar-refractivity contribution is 7.14. The first-order valence-electron chi connectivity index (χ1n) is 6.58. The van der Waals surface area contributed by atoms with Crippen molar-refractivity contribution in [3.05, 3.63) is 29.0 Å². The van der Waals surface area contributed by atoms with Crippen molar-refractivity contribution in [2.24, 2.45) is 0 Å². The van der Waals surface area contributed by atoms with E-state index in [4.69, 9.17) is 9.52 Å². The van der Waals surface area contributed by atoms with Crippen LogP contribution in [0.4, 0.5) is 0 Å². The minimum atomic E-state index is 0.227. The van der Waals surface area contributed by atoms with E-state index in [0.29, 0.717) is 6.04 Å². The van der Waals surface area contributed by atoms with Crippen molar-refractivity contribution < 1.29 is 9.52 Å². The van der Waals surface area contributed by atoms with Crippen LogP contribution in [0.2, 0.25) is 0 Å². The topological polar surface area (TPSA) is 58.3 Å². The second-order valence-electron chi connectivity index (χ2n) is 4.54. The third-order valence-electron chi connectivity index (χ3n) is 3.04. The molecule has 0 saturated carbocycles. The van der Waals surface area contributed by atoms with E-state index in [0.717, 1.165) is 35.9 Å². The van der Waals surface area contributed by atoms with Gasteiger partial charge in [0.1, 0.15) is 5.76 Å². The Hall–Kier alpha value is -1.17. The summed E-state index contributed by atoms with van der Waals surface area (Å²) in [6.07, 6.45) is 3.69. The van der Waals surface area contributed by atoms with Crippen LogP contribution in [0.5, 0.6) is 0 Å². The van der Waals surface area contributed by atoms with Gasteiger partial charge in [-0.15, -0.1) is 11.3 Å². The zero-order chi connectivity index (χ0) is 13.7. The van der Waals surface area contributed by atoms with Crippen molar-refractivity contribution in [3.8, 4) is 10.8 Å². The lowest BCUT2D eigenvalue weighted by Gasteiger charge is -2.14. The molecular formula is C14H20N2O2S. The first-order chi connectivity index (χ1) is 9.22. The molecule has 5 heteroatoms. The molecule has 19 heavy (non-hydrogen) atoms. The number of aliphatic hydroxyl groups excluding tert-OH is 1. The Morgan fingerprint density at radius 3 is 2.95 bits per heavy atom. The maximum atomic E-state index is 8.96. The fraction of sp³-hybridized carbons (Fsp3) is 0.500. The number of rotatable bonds is 7. The fourth-order valence-corrected chi connectivity index (χ4v) is 2.73. The number of aliphatic hydroxyl groups is 1. The number of hydrogen-bond donors (Lipinski definition) is 2. The molecular weight excluding hydrogens is 260 g/mol. The molecule has 0 fully saturated rings. The molecule has 4 nitrogen and oxygen atoms in total. The van der Waals surface area contributed by atoms with E-state index in [1.165, 1.54) is 4.88 Å². The molecule has 1 unspecified atom stereocenters. The molecule has 2 aromatic heterocycles. The molecule has 1 atom stereocenters. The van der Waals surface area contributed by atoms with Crippen molar-refractivity contribution >= 4 is 11.3 Å². The van der Waals surface area contributed by atoms with E-state index in [1.54, 1.807) is 11.3 Å². The van der Waals surface area contributed by atoms with Gasteiger partial charge >= 0.3 is 0 Å². The Morgan fingerprint density at radius 2 is 2.32 bits per heavy atom. The normalized spacial score (nSPS) is 12.8. The van der Waals surface area contributed by atoms with E-state index in [1.807, 2.05) is 25.3 Å². The van der Waals surface area contributed by atoms with Gasteiger partial charge in [-0.1, -0.05) is 6.92 Å². The summed E-state index contributed by atoms with van der Waals surface area (Å²) in [5, 5.41) is 13.3. The predicted octanol–water partition coefficient (Wildman–Crippen LogP) is 2.96. The van der Waals surface area contributed by atoms with Crippen LogP contribution >= 0.6 is 11.3 Å². The fourth-order valence-electron chi connectivity index (χ4n) is 1.90. The SMILES string of the molecule is CCC(CCO)NCc1cnc(-c2ccc(C)o2)s1. The number of hydrogen-bond acceptors (Lipinski definition) is 5. The van der Waals surface area contributed by atoms with Crippen LogP contribution in [0.3, 0.4) is 0 Å². The van der Waals surface area contributed by atoms with Gasteiger partial charge in [0.05, 0.1) is 0 Å². The zero-order valence-electron chi connectivity index (χ0n) is 11.3. The van der Waals surface area contributed by atoms with Gasteiger partial charge in [0.2, 0.25) is 0 Å². The number of thiazole rings is 1. The lowest BCUT2D eigenvalue weighted by Crippen LogP contribution is -2.28. The van der Waals surface area contributed by atoms with Gasteiger partial charge in [-0.3, -0.25) is 0 Å². The summed E-state index contributed by atoms with van der Waals surface area (Å²) in [5.41, 5.74) is 0. The smallest absolute Gasteiger partial charge is 0.162 e. The van der Waals surface area contributed by atoms with Gasteiger partial charge in [-0.2, -0.15) is 0 Å². The quantitative estimate of drug-likeness (QED) is 0.818. The highest BCUT2D eigenvalue weighted by Gasteiger charge is 2.10. The molecule has 0 bridgehead atoms. The maximum Gasteiger partial charge on any atom is 0.162 e. The molecule has 0 saturated heterocycles. The highest BCUT2D eigenvalue weighted by atomic mass is 32.1. The van der Waals surface area contributed by atoms with Crippen molar-refractivity contribution in [2.45, 2.75) is 39.3 Å². The van der Waals surface area contributed by atoms with E-state index in [9.17, 15) is 0 Å². The van der Waals surface area contributed by atoms with Crippen LogP contribution in [0.1, 0.15) is 30.4 Å². The first kappa shape index (κ1) is 14.2. The summed E-state index contributed by atoms with van der Waals surface area (Å²) in [6, 6.07) is 4.26. The van der Waals surface area contributed by atoms with Gasteiger partial charge in [0, 0.05) is 30.3 Å². The van der Waals surface area contributed by atoms with Gasteiger partial charge in [0.25, 0.3) is 0 Å². The van der Waals surface area contributed by atoms with Crippen molar-refractivity contribution in [1.29, 1.82) is 0 Å². The van der Waals surface area contributed by atoms with Gasteiger partial charge in [-0.05, 0) is 31.9 Å². The molecule has 0 aromatic carbocycles. The average molecular weight is 280 g/mol. The Morgan fingerprint density at radius 1 is 1.47 bits per heavy atom. The second-order valence-corrected chi connectivity index (χ2v) is 5.66. The summed E-state index contributed by atoms with van der Waals surface area (Å²) < 4.78 is 5.56. The summed E-state index contributed by atoms with van der Waals surface area (Å²) in [4.78, 5) is 5.57.